The summed E-state index contributed by atoms with van der Waals surface area (Å²) in [6.07, 6.45) is 4.77. The normalized spacial score (nSPS) is 10.3. The number of pyridine rings is 1. The lowest BCUT2D eigenvalue weighted by Crippen LogP contribution is -2.22. The number of furan rings is 1. The number of carbonyl (C=O) groups is 1. The van der Waals surface area contributed by atoms with Crippen LogP contribution in [0.2, 0.25) is 0 Å². The molecule has 94 valence electrons. The Morgan fingerprint density at radius 3 is 2.89 bits per heavy atom. The van der Waals surface area contributed by atoms with E-state index in [1.807, 2.05) is 24.9 Å². The molecule has 0 aliphatic rings. The summed E-state index contributed by atoms with van der Waals surface area (Å²) >= 11 is 0. The van der Waals surface area contributed by atoms with Crippen molar-refractivity contribution in [2.45, 2.75) is 13.5 Å². The maximum atomic E-state index is 11.3. The summed E-state index contributed by atoms with van der Waals surface area (Å²) in [5.74, 6) is 0.394. The van der Waals surface area contributed by atoms with E-state index >= 15 is 0 Å². The van der Waals surface area contributed by atoms with Crippen LogP contribution in [0.4, 0.5) is 5.69 Å². The van der Waals surface area contributed by atoms with E-state index in [1.54, 1.807) is 18.5 Å². The number of anilines is 1. The van der Waals surface area contributed by atoms with Crippen molar-refractivity contribution in [1.29, 1.82) is 0 Å². The SMILES string of the molecule is Cc1occc1CN(C)c1ccncc1C(N)=O. The van der Waals surface area contributed by atoms with Crippen LogP contribution in [0.15, 0.2) is 35.2 Å². The van der Waals surface area contributed by atoms with Gasteiger partial charge in [0.1, 0.15) is 5.76 Å². The molecule has 0 aromatic carbocycles. The predicted molar refractivity (Wildman–Crippen MR) is 68.3 cm³/mol. The number of amides is 1. The molecule has 2 rings (SSSR count). The van der Waals surface area contributed by atoms with Gasteiger partial charge in [-0.1, -0.05) is 0 Å². The molecule has 2 aromatic heterocycles. The molecule has 0 saturated carbocycles. The van der Waals surface area contributed by atoms with Gasteiger partial charge in [-0.15, -0.1) is 0 Å². The fraction of sp³-hybridized carbons (Fsp3) is 0.231. The summed E-state index contributed by atoms with van der Waals surface area (Å²) < 4.78 is 5.25. The van der Waals surface area contributed by atoms with E-state index in [-0.39, 0.29) is 0 Å². The molecule has 0 bridgehead atoms. The fourth-order valence-corrected chi connectivity index (χ4v) is 1.83. The number of primary amides is 1. The predicted octanol–water partition coefficient (Wildman–Crippen LogP) is 1.72. The molecule has 0 saturated heterocycles. The van der Waals surface area contributed by atoms with Crippen molar-refractivity contribution >= 4 is 11.6 Å². The second kappa shape index (κ2) is 4.91. The van der Waals surface area contributed by atoms with Gasteiger partial charge in [0.15, 0.2) is 0 Å². The van der Waals surface area contributed by atoms with Crippen molar-refractivity contribution in [3.8, 4) is 0 Å². The maximum Gasteiger partial charge on any atom is 0.252 e. The maximum absolute atomic E-state index is 11.3. The summed E-state index contributed by atoms with van der Waals surface area (Å²) in [6, 6.07) is 3.69. The Labute approximate surface area is 105 Å². The molecular weight excluding hydrogens is 230 g/mol. The molecule has 18 heavy (non-hydrogen) atoms. The van der Waals surface area contributed by atoms with Crippen LogP contribution >= 0.6 is 0 Å². The molecule has 2 heterocycles. The Morgan fingerprint density at radius 2 is 2.28 bits per heavy atom. The van der Waals surface area contributed by atoms with Gasteiger partial charge in [-0.3, -0.25) is 9.78 Å². The molecule has 1 amide bonds. The summed E-state index contributed by atoms with van der Waals surface area (Å²) in [5, 5.41) is 0. The average Bonchev–Trinajstić information content (AvgIpc) is 2.75. The molecule has 2 N–H and O–H groups in total. The van der Waals surface area contributed by atoms with Crippen LogP contribution in [0.25, 0.3) is 0 Å². The Balaban J connectivity index is 2.26. The molecule has 0 spiro atoms. The smallest absolute Gasteiger partial charge is 0.252 e. The van der Waals surface area contributed by atoms with Crippen molar-refractivity contribution in [3.63, 3.8) is 0 Å². The Hall–Kier alpha value is -2.30. The first-order chi connectivity index (χ1) is 8.59. The standard InChI is InChI=1S/C13H15N3O2/c1-9-10(4-6-18-9)8-16(2)12-3-5-15-7-11(12)13(14)17/h3-7H,8H2,1-2H3,(H2,14,17). The van der Waals surface area contributed by atoms with Crippen LogP contribution in [0, 0.1) is 6.92 Å². The number of rotatable bonds is 4. The van der Waals surface area contributed by atoms with Crippen molar-refractivity contribution in [3.05, 3.63) is 47.7 Å². The zero-order valence-electron chi connectivity index (χ0n) is 10.4. The van der Waals surface area contributed by atoms with E-state index in [1.165, 1.54) is 6.20 Å². The third kappa shape index (κ3) is 2.34. The summed E-state index contributed by atoms with van der Waals surface area (Å²) in [6.45, 7) is 2.55. The highest BCUT2D eigenvalue weighted by atomic mass is 16.3. The van der Waals surface area contributed by atoms with Crippen LogP contribution in [-0.4, -0.2) is 17.9 Å². The molecule has 5 heteroatoms. The van der Waals surface area contributed by atoms with Crippen molar-refractivity contribution in [2.75, 3.05) is 11.9 Å². The molecule has 0 unspecified atom stereocenters. The topological polar surface area (TPSA) is 72.4 Å². The highest BCUT2D eigenvalue weighted by Crippen LogP contribution is 2.21. The minimum Gasteiger partial charge on any atom is -0.469 e. The van der Waals surface area contributed by atoms with Gasteiger partial charge in [0.2, 0.25) is 0 Å². The summed E-state index contributed by atoms with van der Waals surface area (Å²) in [4.78, 5) is 17.2. The lowest BCUT2D eigenvalue weighted by Gasteiger charge is -2.20. The lowest BCUT2D eigenvalue weighted by molar-refractivity contribution is 0.100. The molecule has 0 fully saturated rings. The van der Waals surface area contributed by atoms with Crippen LogP contribution in [0.3, 0.4) is 0 Å². The van der Waals surface area contributed by atoms with Gasteiger partial charge < -0.3 is 15.1 Å². The van der Waals surface area contributed by atoms with Crippen molar-refractivity contribution < 1.29 is 9.21 Å². The number of nitrogens with two attached hydrogens (primary N) is 1. The van der Waals surface area contributed by atoms with Crippen molar-refractivity contribution in [2.24, 2.45) is 5.73 Å². The largest absolute Gasteiger partial charge is 0.469 e. The van der Waals surface area contributed by atoms with Crippen molar-refractivity contribution in [1.82, 2.24) is 4.98 Å². The third-order valence-electron chi connectivity index (χ3n) is 2.85. The first-order valence-corrected chi connectivity index (χ1v) is 5.57. The first kappa shape index (κ1) is 12.2. The molecular formula is C13H15N3O2. The van der Waals surface area contributed by atoms with E-state index in [2.05, 4.69) is 4.98 Å². The number of hydrogen-bond acceptors (Lipinski definition) is 4. The number of aryl methyl sites for hydroxylation is 1. The van der Waals surface area contributed by atoms with Crippen LogP contribution in [0.5, 0.6) is 0 Å². The van der Waals surface area contributed by atoms with Gasteiger partial charge in [-0.2, -0.15) is 0 Å². The van der Waals surface area contributed by atoms with Gasteiger partial charge in [0.05, 0.1) is 17.5 Å². The van der Waals surface area contributed by atoms with E-state index in [0.29, 0.717) is 12.1 Å². The molecule has 5 nitrogen and oxygen atoms in total. The minimum absolute atomic E-state index is 0.418. The number of carbonyl (C=O) groups excluding carboxylic acids is 1. The molecule has 0 atom stereocenters. The molecule has 2 aromatic rings. The Morgan fingerprint density at radius 1 is 1.50 bits per heavy atom. The highest BCUT2D eigenvalue weighted by molar-refractivity contribution is 5.98. The Kier molecular flexibility index (Phi) is 3.32. The highest BCUT2D eigenvalue weighted by Gasteiger charge is 2.13. The molecule has 0 aliphatic carbocycles. The van der Waals surface area contributed by atoms with Gasteiger partial charge in [0.25, 0.3) is 5.91 Å². The van der Waals surface area contributed by atoms with Gasteiger partial charge in [-0.25, -0.2) is 0 Å². The summed E-state index contributed by atoms with van der Waals surface area (Å²) in [5.41, 5.74) is 7.59. The zero-order chi connectivity index (χ0) is 13.1. The Bertz CT molecular complexity index is 563. The quantitative estimate of drug-likeness (QED) is 0.890. The third-order valence-corrected chi connectivity index (χ3v) is 2.85. The number of hydrogen-bond donors (Lipinski definition) is 1. The average molecular weight is 245 g/mol. The van der Waals surface area contributed by atoms with Crippen LogP contribution in [0.1, 0.15) is 21.7 Å². The lowest BCUT2D eigenvalue weighted by atomic mass is 10.2. The van der Waals surface area contributed by atoms with E-state index in [4.69, 9.17) is 10.2 Å². The first-order valence-electron chi connectivity index (χ1n) is 5.57. The van der Waals surface area contributed by atoms with E-state index in [9.17, 15) is 4.79 Å². The molecule has 0 aliphatic heterocycles. The number of nitrogens with zero attached hydrogens (tertiary/aromatic N) is 2. The van der Waals surface area contributed by atoms with Crippen LogP contribution < -0.4 is 10.6 Å². The second-order valence-electron chi connectivity index (χ2n) is 4.12. The summed E-state index contributed by atoms with van der Waals surface area (Å²) in [7, 11) is 1.90. The fourth-order valence-electron chi connectivity index (χ4n) is 1.83. The minimum atomic E-state index is -0.478. The monoisotopic (exact) mass is 245 g/mol. The van der Waals surface area contributed by atoms with Crippen LogP contribution in [-0.2, 0) is 6.54 Å². The second-order valence-corrected chi connectivity index (χ2v) is 4.12. The van der Waals surface area contributed by atoms with E-state index in [0.717, 1.165) is 17.0 Å². The zero-order valence-corrected chi connectivity index (χ0v) is 10.4. The van der Waals surface area contributed by atoms with Gasteiger partial charge in [0, 0.05) is 31.5 Å². The van der Waals surface area contributed by atoms with Gasteiger partial charge >= 0.3 is 0 Å². The number of aromatic nitrogens is 1. The molecule has 0 radical (unpaired) electrons. The van der Waals surface area contributed by atoms with E-state index < -0.39 is 5.91 Å². The van der Waals surface area contributed by atoms with Gasteiger partial charge in [-0.05, 0) is 19.1 Å².